The number of hydrogen-bond donors (Lipinski definition) is 0. The zero-order chi connectivity index (χ0) is 18.5. The largest absolute Gasteiger partial charge is 0.372 e. The fourth-order valence-corrected chi connectivity index (χ4v) is 4.83. The lowest BCUT2D eigenvalue weighted by molar-refractivity contribution is 0.209. The predicted molar refractivity (Wildman–Crippen MR) is 114 cm³/mol. The zero-order valence-electron chi connectivity index (χ0n) is 16.7. The number of para-hydroxylation sites is 1. The first kappa shape index (κ1) is 18.5. The van der Waals surface area contributed by atoms with Crippen molar-refractivity contribution >= 4 is 5.69 Å². The molecule has 1 saturated heterocycles. The number of pyridine rings is 1. The lowest BCUT2D eigenvalue weighted by Gasteiger charge is -2.38. The first-order valence-electron chi connectivity index (χ1n) is 10.8. The summed E-state index contributed by atoms with van der Waals surface area (Å²) in [6.07, 6.45) is 12.2. The van der Waals surface area contributed by atoms with Crippen LogP contribution in [0, 0.1) is 0 Å². The molecule has 27 heavy (non-hydrogen) atoms. The van der Waals surface area contributed by atoms with Gasteiger partial charge in [0.15, 0.2) is 0 Å². The average molecular weight is 364 g/mol. The van der Waals surface area contributed by atoms with E-state index in [1.807, 2.05) is 6.20 Å². The molecule has 4 rings (SSSR count). The van der Waals surface area contributed by atoms with Gasteiger partial charge in [0.25, 0.3) is 0 Å². The molecule has 0 atom stereocenters. The molecule has 0 radical (unpaired) electrons. The maximum Gasteiger partial charge on any atom is 0.0438 e. The van der Waals surface area contributed by atoms with Crippen LogP contribution in [0.5, 0.6) is 0 Å². The second kappa shape index (κ2) is 8.88. The van der Waals surface area contributed by atoms with Crippen LogP contribution in [0.1, 0.15) is 48.9 Å². The number of piperidine rings is 1. The summed E-state index contributed by atoms with van der Waals surface area (Å²) in [4.78, 5) is 9.75. The second-order valence-electron chi connectivity index (χ2n) is 8.23. The highest BCUT2D eigenvalue weighted by atomic mass is 15.2. The third-order valence-electron chi connectivity index (χ3n) is 6.52. The molecule has 0 saturated carbocycles. The normalized spacial score (nSPS) is 18.3. The molecule has 0 spiro atoms. The summed E-state index contributed by atoms with van der Waals surface area (Å²) in [6, 6.07) is 13.8. The molecule has 1 fully saturated rings. The van der Waals surface area contributed by atoms with Crippen LogP contribution in [-0.2, 0) is 19.3 Å². The third-order valence-corrected chi connectivity index (χ3v) is 6.52. The Morgan fingerprint density at radius 1 is 1.04 bits per heavy atom. The molecule has 3 heteroatoms. The van der Waals surface area contributed by atoms with Gasteiger partial charge in [-0.2, -0.15) is 0 Å². The van der Waals surface area contributed by atoms with E-state index in [1.54, 1.807) is 11.1 Å². The fourth-order valence-electron chi connectivity index (χ4n) is 4.83. The standard InChI is InChI=1S/C24H33N3/c1-26(21-9-3-2-4-10-21)22-14-18-27(19-15-22)17-7-8-20-13-16-25-24-12-6-5-11-23(20)24/h2-4,9-10,13,16,22H,5-8,11-12,14-15,17-19H2,1H3. The van der Waals surface area contributed by atoms with E-state index in [0.717, 1.165) is 0 Å². The third kappa shape index (κ3) is 4.52. The average Bonchev–Trinajstić information content (AvgIpc) is 2.74. The molecule has 144 valence electrons. The van der Waals surface area contributed by atoms with Crippen molar-refractivity contribution < 1.29 is 0 Å². The van der Waals surface area contributed by atoms with E-state index < -0.39 is 0 Å². The van der Waals surface area contributed by atoms with E-state index in [1.165, 1.54) is 82.4 Å². The van der Waals surface area contributed by atoms with Crippen molar-refractivity contribution in [1.29, 1.82) is 0 Å². The first-order valence-corrected chi connectivity index (χ1v) is 10.8. The quantitative estimate of drug-likeness (QED) is 0.753. The van der Waals surface area contributed by atoms with Gasteiger partial charge in [0.05, 0.1) is 0 Å². The van der Waals surface area contributed by atoms with Crippen molar-refractivity contribution in [2.45, 2.75) is 57.4 Å². The van der Waals surface area contributed by atoms with Gasteiger partial charge >= 0.3 is 0 Å². The Balaban J connectivity index is 1.23. The Morgan fingerprint density at radius 3 is 2.63 bits per heavy atom. The van der Waals surface area contributed by atoms with Crippen LogP contribution in [0.2, 0.25) is 0 Å². The zero-order valence-corrected chi connectivity index (χ0v) is 16.7. The van der Waals surface area contributed by atoms with E-state index >= 15 is 0 Å². The van der Waals surface area contributed by atoms with Gasteiger partial charge in [0.2, 0.25) is 0 Å². The molecule has 1 aromatic heterocycles. The van der Waals surface area contributed by atoms with Gasteiger partial charge < -0.3 is 9.80 Å². The Bertz CT molecular complexity index is 720. The van der Waals surface area contributed by atoms with E-state index in [9.17, 15) is 0 Å². The number of likely N-dealkylation sites (tertiary alicyclic amines) is 1. The molecule has 0 N–H and O–H groups in total. The van der Waals surface area contributed by atoms with Crippen LogP contribution in [0.15, 0.2) is 42.6 Å². The van der Waals surface area contributed by atoms with Crippen LogP contribution in [-0.4, -0.2) is 42.6 Å². The Kier molecular flexibility index (Phi) is 6.08. The topological polar surface area (TPSA) is 19.4 Å². The number of hydrogen-bond acceptors (Lipinski definition) is 3. The molecule has 3 nitrogen and oxygen atoms in total. The fraction of sp³-hybridized carbons (Fsp3) is 0.542. The van der Waals surface area contributed by atoms with Crippen LogP contribution in [0.4, 0.5) is 5.69 Å². The second-order valence-corrected chi connectivity index (χ2v) is 8.23. The molecule has 1 aliphatic heterocycles. The molecule has 1 aliphatic carbocycles. The van der Waals surface area contributed by atoms with Crippen molar-refractivity contribution in [2.75, 3.05) is 31.6 Å². The van der Waals surface area contributed by atoms with E-state index in [2.05, 4.69) is 58.2 Å². The van der Waals surface area contributed by atoms with Gasteiger partial charge in [0.1, 0.15) is 0 Å². The first-order chi connectivity index (χ1) is 13.3. The summed E-state index contributed by atoms with van der Waals surface area (Å²) in [5.41, 5.74) is 5.87. The number of fused-ring (bicyclic) bond motifs is 1. The van der Waals surface area contributed by atoms with Crippen molar-refractivity contribution in [2.24, 2.45) is 0 Å². The molecular formula is C24H33N3. The van der Waals surface area contributed by atoms with Gasteiger partial charge in [-0.1, -0.05) is 18.2 Å². The summed E-state index contributed by atoms with van der Waals surface area (Å²) >= 11 is 0. The number of aromatic nitrogens is 1. The molecule has 2 heterocycles. The van der Waals surface area contributed by atoms with Crippen molar-refractivity contribution in [1.82, 2.24) is 9.88 Å². The van der Waals surface area contributed by atoms with E-state index in [0.29, 0.717) is 6.04 Å². The van der Waals surface area contributed by atoms with E-state index in [-0.39, 0.29) is 0 Å². The summed E-state index contributed by atoms with van der Waals surface area (Å²) in [7, 11) is 2.25. The van der Waals surface area contributed by atoms with Crippen LogP contribution in [0.25, 0.3) is 0 Å². The van der Waals surface area contributed by atoms with Crippen molar-refractivity contribution in [3.8, 4) is 0 Å². The maximum absolute atomic E-state index is 4.61. The number of benzene rings is 1. The number of anilines is 1. The number of nitrogens with zero attached hydrogens (tertiary/aromatic N) is 3. The Morgan fingerprint density at radius 2 is 1.81 bits per heavy atom. The molecule has 1 aromatic carbocycles. The lowest BCUT2D eigenvalue weighted by Crippen LogP contribution is -2.43. The van der Waals surface area contributed by atoms with Crippen molar-refractivity contribution in [3.05, 3.63) is 59.4 Å². The highest BCUT2D eigenvalue weighted by molar-refractivity contribution is 5.46. The molecule has 0 amide bonds. The number of aryl methyl sites for hydroxylation is 2. The minimum atomic E-state index is 0.677. The Hall–Kier alpha value is -1.87. The molecule has 2 aromatic rings. The molecule has 0 unspecified atom stereocenters. The van der Waals surface area contributed by atoms with Crippen molar-refractivity contribution in [3.63, 3.8) is 0 Å². The van der Waals surface area contributed by atoms with Crippen LogP contribution in [0.3, 0.4) is 0 Å². The molecular weight excluding hydrogens is 330 g/mol. The Labute approximate surface area is 164 Å². The summed E-state index contributed by atoms with van der Waals surface area (Å²) < 4.78 is 0. The van der Waals surface area contributed by atoms with Gasteiger partial charge in [-0.3, -0.25) is 4.98 Å². The highest BCUT2D eigenvalue weighted by Crippen LogP contribution is 2.24. The van der Waals surface area contributed by atoms with E-state index in [4.69, 9.17) is 0 Å². The van der Waals surface area contributed by atoms with Crippen LogP contribution >= 0.6 is 0 Å². The molecule has 0 bridgehead atoms. The minimum Gasteiger partial charge on any atom is -0.372 e. The maximum atomic E-state index is 4.61. The van der Waals surface area contributed by atoms with Gasteiger partial charge in [-0.05, 0) is 87.2 Å². The summed E-state index contributed by atoms with van der Waals surface area (Å²) in [5, 5.41) is 0. The summed E-state index contributed by atoms with van der Waals surface area (Å²) in [6.45, 7) is 3.70. The lowest BCUT2D eigenvalue weighted by atomic mass is 9.90. The SMILES string of the molecule is CN(c1ccccc1)C1CCN(CCCc2ccnc3c2CCCC3)CC1. The van der Waals surface area contributed by atoms with Gasteiger partial charge in [-0.25, -0.2) is 0 Å². The predicted octanol–water partition coefficient (Wildman–Crippen LogP) is 4.49. The minimum absolute atomic E-state index is 0.677. The van der Waals surface area contributed by atoms with Gasteiger partial charge in [-0.15, -0.1) is 0 Å². The van der Waals surface area contributed by atoms with Crippen LogP contribution < -0.4 is 4.90 Å². The smallest absolute Gasteiger partial charge is 0.0438 e. The van der Waals surface area contributed by atoms with Gasteiger partial charge in [0, 0.05) is 43.8 Å². The highest BCUT2D eigenvalue weighted by Gasteiger charge is 2.22. The monoisotopic (exact) mass is 363 g/mol. The summed E-state index contributed by atoms with van der Waals surface area (Å²) in [5.74, 6) is 0. The molecule has 2 aliphatic rings. The number of rotatable bonds is 6.